The molecule has 7 nitrogen and oxygen atoms in total. The highest BCUT2D eigenvalue weighted by Crippen LogP contribution is 2.14. The highest BCUT2D eigenvalue weighted by atomic mass is 127. The van der Waals surface area contributed by atoms with E-state index in [1.807, 2.05) is 31.5 Å². The first-order valence-electron chi connectivity index (χ1n) is 9.34. The monoisotopic (exact) mass is 537 g/mol. The number of guanidine groups is 1. The maximum atomic E-state index is 13.7. The van der Waals surface area contributed by atoms with Gasteiger partial charge in [0.1, 0.15) is 10.7 Å². The minimum atomic E-state index is -3.70. The third-order valence-electron chi connectivity index (χ3n) is 4.08. The first-order valence-corrected chi connectivity index (χ1v) is 11.0. The molecule has 0 aliphatic rings. The molecule has 162 valence electrons. The van der Waals surface area contributed by atoms with E-state index in [1.54, 1.807) is 0 Å². The Morgan fingerprint density at radius 2 is 1.97 bits per heavy atom. The molecule has 0 fully saturated rings. The first kappa shape index (κ1) is 25.3. The van der Waals surface area contributed by atoms with Crippen molar-refractivity contribution in [3.63, 3.8) is 0 Å². The molecule has 0 radical (unpaired) electrons. The lowest BCUT2D eigenvalue weighted by Crippen LogP contribution is -2.39. The Balaban J connectivity index is 0.00000420. The summed E-state index contributed by atoms with van der Waals surface area (Å²) in [6.07, 6.45) is 0.812. The van der Waals surface area contributed by atoms with Gasteiger partial charge in [-0.25, -0.2) is 12.8 Å². The Hall–Kier alpha value is -1.69. The largest absolute Gasteiger partial charge is 0.357 e. The smallest absolute Gasteiger partial charge is 0.191 e. The maximum absolute atomic E-state index is 13.7. The Morgan fingerprint density at radius 1 is 1.24 bits per heavy atom. The van der Waals surface area contributed by atoms with Crippen LogP contribution < -0.4 is 10.6 Å². The van der Waals surface area contributed by atoms with Crippen LogP contribution in [0.15, 0.2) is 40.2 Å². The van der Waals surface area contributed by atoms with Gasteiger partial charge in [0.05, 0.1) is 11.4 Å². The van der Waals surface area contributed by atoms with Crippen molar-refractivity contribution < 1.29 is 12.8 Å². The van der Waals surface area contributed by atoms with E-state index in [0.717, 1.165) is 30.4 Å². The van der Waals surface area contributed by atoms with Gasteiger partial charge in [0.2, 0.25) is 0 Å². The van der Waals surface area contributed by atoms with Crippen molar-refractivity contribution in [2.45, 2.75) is 38.6 Å². The molecular weight excluding hydrogens is 508 g/mol. The number of halogens is 2. The van der Waals surface area contributed by atoms with Gasteiger partial charge in [0.15, 0.2) is 15.8 Å². The van der Waals surface area contributed by atoms with Crippen LogP contribution in [0.1, 0.15) is 24.7 Å². The molecule has 2 aromatic rings. The molecule has 0 unspecified atom stereocenters. The van der Waals surface area contributed by atoms with E-state index in [2.05, 4.69) is 20.7 Å². The molecule has 2 rings (SSSR count). The molecule has 0 aliphatic heterocycles. The highest BCUT2D eigenvalue weighted by molar-refractivity contribution is 14.0. The molecule has 1 aromatic carbocycles. The van der Waals surface area contributed by atoms with E-state index in [1.165, 1.54) is 18.2 Å². The van der Waals surface area contributed by atoms with Crippen molar-refractivity contribution in [3.8, 4) is 0 Å². The second-order valence-electron chi connectivity index (χ2n) is 6.44. The zero-order valence-corrected chi connectivity index (χ0v) is 20.1. The van der Waals surface area contributed by atoms with Gasteiger partial charge in [-0.15, -0.1) is 24.0 Å². The summed E-state index contributed by atoms with van der Waals surface area (Å²) in [7, 11) is -3.70. The van der Waals surface area contributed by atoms with Crippen molar-refractivity contribution >= 4 is 39.8 Å². The summed E-state index contributed by atoms with van der Waals surface area (Å²) in [5.41, 5.74) is 2.11. The van der Waals surface area contributed by atoms with Gasteiger partial charge in [0.25, 0.3) is 0 Å². The Bertz CT molecular complexity index is 915. The predicted molar refractivity (Wildman–Crippen MR) is 124 cm³/mol. The minimum absolute atomic E-state index is 0. The Morgan fingerprint density at radius 3 is 2.59 bits per heavy atom. The lowest BCUT2D eigenvalue weighted by molar-refractivity contribution is 0.565. The first-order chi connectivity index (χ1) is 13.3. The summed E-state index contributed by atoms with van der Waals surface area (Å²) >= 11 is 0. The van der Waals surface area contributed by atoms with Crippen LogP contribution in [-0.2, 0) is 16.4 Å². The summed E-state index contributed by atoms with van der Waals surface area (Å²) in [5, 5.41) is 10.5. The van der Waals surface area contributed by atoms with Crippen molar-refractivity contribution in [1.82, 2.24) is 20.4 Å². The molecule has 0 bridgehead atoms. The summed E-state index contributed by atoms with van der Waals surface area (Å²) in [5.74, 6) is -0.406. The second-order valence-corrected chi connectivity index (χ2v) is 8.52. The van der Waals surface area contributed by atoms with Crippen LogP contribution in [0.3, 0.4) is 0 Å². The van der Waals surface area contributed by atoms with Gasteiger partial charge < -0.3 is 10.6 Å². The second kappa shape index (κ2) is 12.1. The number of hydrogen-bond donors (Lipinski definition) is 2. The van der Waals surface area contributed by atoms with Crippen LogP contribution in [0.4, 0.5) is 4.39 Å². The molecule has 0 aliphatic carbocycles. The lowest BCUT2D eigenvalue weighted by Gasteiger charge is -2.12. The number of hydrogen-bond acceptors (Lipinski definition) is 4. The van der Waals surface area contributed by atoms with Gasteiger partial charge in [0, 0.05) is 31.9 Å². The normalized spacial score (nSPS) is 11.8. The topological polar surface area (TPSA) is 88.4 Å². The van der Waals surface area contributed by atoms with Crippen LogP contribution in [0.2, 0.25) is 0 Å². The van der Waals surface area contributed by atoms with Gasteiger partial charge in [-0.05, 0) is 45.4 Å². The summed E-state index contributed by atoms with van der Waals surface area (Å²) in [6.45, 7) is 8.06. The third kappa shape index (κ3) is 7.92. The van der Waals surface area contributed by atoms with Crippen molar-refractivity contribution in [2.24, 2.45) is 4.99 Å². The molecule has 29 heavy (non-hydrogen) atoms. The average Bonchev–Trinajstić information content (AvgIpc) is 2.96. The van der Waals surface area contributed by atoms with E-state index in [4.69, 9.17) is 0 Å². The predicted octanol–water partition coefficient (Wildman–Crippen LogP) is 2.68. The molecule has 2 N–H and O–H groups in total. The number of rotatable bonds is 9. The zero-order valence-electron chi connectivity index (χ0n) is 17.0. The molecule has 10 heteroatoms. The fraction of sp³-hybridized carbons (Fsp3) is 0.474. The summed E-state index contributed by atoms with van der Waals surface area (Å²) in [4.78, 5) is 4.18. The number of aromatic nitrogens is 2. The van der Waals surface area contributed by atoms with E-state index in [0.29, 0.717) is 19.0 Å². The fourth-order valence-electron chi connectivity index (χ4n) is 2.77. The molecule has 0 spiro atoms. The van der Waals surface area contributed by atoms with E-state index in [9.17, 15) is 12.8 Å². The molecular formula is C19H29FIN5O2S. The number of nitrogens with one attached hydrogen (secondary N) is 2. The fourth-order valence-corrected chi connectivity index (χ4v) is 4.01. The SMILES string of the molecule is CCNC(=NCCCn1nc(C)cc1C)NCCS(=O)(=O)c1ccccc1F.I. The van der Waals surface area contributed by atoms with Gasteiger partial charge >= 0.3 is 0 Å². The number of aliphatic imine (C=N–C) groups is 1. The Labute approximate surface area is 189 Å². The van der Waals surface area contributed by atoms with Crippen molar-refractivity contribution in [2.75, 3.05) is 25.4 Å². The van der Waals surface area contributed by atoms with Crippen molar-refractivity contribution in [1.29, 1.82) is 0 Å². The number of nitrogens with zero attached hydrogens (tertiary/aromatic N) is 3. The average molecular weight is 537 g/mol. The lowest BCUT2D eigenvalue weighted by atomic mass is 10.3. The molecule has 1 heterocycles. The molecule has 0 atom stereocenters. The van der Waals surface area contributed by atoms with Crippen molar-refractivity contribution in [3.05, 3.63) is 47.5 Å². The number of sulfone groups is 1. The molecule has 0 amide bonds. The quantitative estimate of drug-likeness (QED) is 0.222. The van der Waals surface area contributed by atoms with Gasteiger partial charge in [-0.1, -0.05) is 12.1 Å². The molecule has 0 saturated heterocycles. The Kier molecular flexibility index (Phi) is 10.6. The van der Waals surface area contributed by atoms with E-state index < -0.39 is 15.7 Å². The number of aryl methyl sites for hydroxylation is 3. The van der Waals surface area contributed by atoms with Gasteiger partial charge in [-0.3, -0.25) is 9.67 Å². The van der Waals surface area contributed by atoms with Crippen LogP contribution >= 0.6 is 24.0 Å². The highest BCUT2D eigenvalue weighted by Gasteiger charge is 2.18. The maximum Gasteiger partial charge on any atom is 0.191 e. The number of benzene rings is 1. The van der Waals surface area contributed by atoms with Crippen LogP contribution in [0.5, 0.6) is 0 Å². The van der Waals surface area contributed by atoms with Gasteiger partial charge in [-0.2, -0.15) is 5.10 Å². The van der Waals surface area contributed by atoms with Crippen LogP contribution in [-0.4, -0.2) is 49.5 Å². The molecule has 1 aromatic heterocycles. The third-order valence-corrected chi connectivity index (χ3v) is 5.82. The van der Waals surface area contributed by atoms with E-state index >= 15 is 0 Å². The van der Waals surface area contributed by atoms with Crippen LogP contribution in [0, 0.1) is 19.7 Å². The van der Waals surface area contributed by atoms with E-state index in [-0.39, 0.29) is 41.2 Å². The molecule has 0 saturated carbocycles. The summed E-state index contributed by atoms with van der Waals surface area (Å²) in [6, 6.07) is 7.44. The minimum Gasteiger partial charge on any atom is -0.357 e. The zero-order chi connectivity index (χ0) is 20.6. The summed E-state index contributed by atoms with van der Waals surface area (Å²) < 4.78 is 40.3. The van der Waals surface area contributed by atoms with Crippen LogP contribution in [0.25, 0.3) is 0 Å². The standard InChI is InChI=1S/C19H28FN5O2S.HI/c1-4-21-19(22-10-7-12-25-16(3)14-15(2)24-25)23-11-13-28(26,27)18-9-6-5-8-17(18)20;/h5-6,8-9,14H,4,7,10-13H2,1-3H3,(H2,21,22,23);1H.